The first-order chi connectivity index (χ1) is 12.1. The average Bonchev–Trinajstić information content (AvgIpc) is 3.00. The highest BCUT2D eigenvalue weighted by Crippen LogP contribution is 2.24. The lowest BCUT2D eigenvalue weighted by Crippen LogP contribution is -2.14. The van der Waals surface area contributed by atoms with Gasteiger partial charge in [-0.15, -0.1) is 34.9 Å². The van der Waals surface area contributed by atoms with Crippen LogP contribution in [-0.2, 0) is 6.54 Å². The summed E-state index contributed by atoms with van der Waals surface area (Å²) in [7, 11) is 0. The van der Waals surface area contributed by atoms with Gasteiger partial charge in [-0.05, 0) is 42.0 Å². The van der Waals surface area contributed by atoms with Crippen LogP contribution in [0.15, 0.2) is 76.0 Å². The van der Waals surface area contributed by atoms with E-state index in [0.29, 0.717) is 6.54 Å². The molecule has 0 N–H and O–H groups in total. The molecular formula is C18H15Br2N3O2S. The van der Waals surface area contributed by atoms with Gasteiger partial charge in [0.1, 0.15) is 0 Å². The summed E-state index contributed by atoms with van der Waals surface area (Å²) in [6, 6.07) is 14.3. The van der Waals surface area contributed by atoms with E-state index in [1.807, 2.05) is 40.3 Å². The Balaban J connectivity index is 0.00000243. The van der Waals surface area contributed by atoms with Crippen LogP contribution in [0.2, 0.25) is 0 Å². The van der Waals surface area contributed by atoms with Crippen molar-refractivity contribution in [1.29, 1.82) is 0 Å². The van der Waals surface area contributed by atoms with E-state index in [-0.39, 0.29) is 22.7 Å². The number of aromatic nitrogens is 1. The fourth-order valence-corrected chi connectivity index (χ4v) is 3.54. The van der Waals surface area contributed by atoms with Gasteiger partial charge in [0.05, 0.1) is 16.3 Å². The van der Waals surface area contributed by atoms with Crippen LogP contribution in [0, 0.1) is 10.1 Å². The van der Waals surface area contributed by atoms with E-state index >= 15 is 0 Å². The van der Waals surface area contributed by atoms with Crippen molar-refractivity contribution in [3.8, 4) is 11.3 Å². The van der Waals surface area contributed by atoms with Crippen LogP contribution in [0.1, 0.15) is 0 Å². The quantitative estimate of drug-likeness (QED) is 0.251. The molecule has 5 nitrogen and oxygen atoms in total. The number of hydrogen-bond acceptors (Lipinski definition) is 4. The zero-order chi connectivity index (χ0) is 17.8. The SMILES string of the molecule is Br.C=CCn1c(-c2ccc([N+](=O)[O-])cc2)csc1=Nc1ccc(Br)cc1. The third-order valence-electron chi connectivity index (χ3n) is 3.53. The smallest absolute Gasteiger partial charge is 0.269 e. The molecule has 0 radical (unpaired) electrons. The van der Waals surface area contributed by atoms with Crippen LogP contribution in [0.25, 0.3) is 11.3 Å². The van der Waals surface area contributed by atoms with Crippen molar-refractivity contribution in [2.75, 3.05) is 0 Å². The van der Waals surface area contributed by atoms with Gasteiger partial charge in [-0.25, -0.2) is 4.99 Å². The minimum Gasteiger partial charge on any atom is -0.313 e. The molecule has 0 unspecified atom stereocenters. The van der Waals surface area contributed by atoms with Gasteiger partial charge in [-0.1, -0.05) is 22.0 Å². The molecule has 0 aliphatic heterocycles. The second-order valence-corrected chi connectivity index (χ2v) is 6.95. The second-order valence-electron chi connectivity index (χ2n) is 5.20. The summed E-state index contributed by atoms with van der Waals surface area (Å²) in [5.74, 6) is 0. The number of non-ortho nitro benzene ring substituents is 1. The van der Waals surface area contributed by atoms with Crippen molar-refractivity contribution < 1.29 is 4.92 Å². The lowest BCUT2D eigenvalue weighted by atomic mass is 10.1. The molecule has 1 heterocycles. The van der Waals surface area contributed by atoms with Gasteiger partial charge in [0.15, 0.2) is 4.80 Å². The van der Waals surface area contributed by atoms with Gasteiger partial charge in [-0.2, -0.15) is 0 Å². The zero-order valence-electron chi connectivity index (χ0n) is 13.5. The Morgan fingerprint density at radius 3 is 2.42 bits per heavy atom. The number of nitrogens with zero attached hydrogens (tertiary/aromatic N) is 3. The van der Waals surface area contributed by atoms with Gasteiger partial charge in [-0.3, -0.25) is 10.1 Å². The van der Waals surface area contributed by atoms with Crippen molar-refractivity contribution in [3.63, 3.8) is 0 Å². The van der Waals surface area contributed by atoms with Gasteiger partial charge in [0, 0.05) is 28.5 Å². The predicted molar refractivity (Wildman–Crippen MR) is 114 cm³/mol. The lowest BCUT2D eigenvalue weighted by Gasteiger charge is -2.06. The van der Waals surface area contributed by atoms with Crippen LogP contribution in [-0.4, -0.2) is 9.49 Å². The lowest BCUT2D eigenvalue weighted by molar-refractivity contribution is -0.384. The number of benzene rings is 2. The first-order valence-electron chi connectivity index (χ1n) is 7.43. The first-order valence-corrected chi connectivity index (χ1v) is 9.10. The van der Waals surface area contributed by atoms with E-state index in [9.17, 15) is 10.1 Å². The number of allylic oxidation sites excluding steroid dienone is 1. The minimum atomic E-state index is -0.399. The molecule has 0 amide bonds. The Labute approximate surface area is 173 Å². The molecule has 3 rings (SSSR count). The Bertz CT molecular complexity index is 977. The molecule has 0 bridgehead atoms. The van der Waals surface area contributed by atoms with E-state index < -0.39 is 4.92 Å². The van der Waals surface area contributed by atoms with Crippen molar-refractivity contribution in [2.24, 2.45) is 4.99 Å². The number of rotatable bonds is 5. The summed E-state index contributed by atoms with van der Waals surface area (Å²) in [6.07, 6.45) is 1.81. The highest BCUT2D eigenvalue weighted by Gasteiger charge is 2.10. The molecule has 134 valence electrons. The minimum absolute atomic E-state index is 0. The molecule has 0 aliphatic carbocycles. The number of hydrogen-bond donors (Lipinski definition) is 0. The van der Waals surface area contributed by atoms with Crippen LogP contribution < -0.4 is 4.80 Å². The summed E-state index contributed by atoms with van der Waals surface area (Å²) in [5.41, 5.74) is 2.80. The summed E-state index contributed by atoms with van der Waals surface area (Å²) in [4.78, 5) is 16.0. The Kier molecular flexibility index (Phi) is 7.07. The molecule has 0 fully saturated rings. The van der Waals surface area contributed by atoms with Crippen LogP contribution in [0.3, 0.4) is 0 Å². The standard InChI is InChI=1S/C18H14BrN3O2S.BrH/c1-2-11-21-17(13-3-9-16(10-4-13)22(23)24)12-25-18(21)20-15-7-5-14(19)6-8-15;/h2-10,12H,1,11H2;1H. The van der Waals surface area contributed by atoms with Crippen LogP contribution in [0.4, 0.5) is 11.4 Å². The summed E-state index contributed by atoms with van der Waals surface area (Å²) < 4.78 is 3.05. The Hall–Kier alpha value is -2.03. The monoisotopic (exact) mass is 495 g/mol. The van der Waals surface area contributed by atoms with E-state index in [4.69, 9.17) is 4.99 Å². The number of nitro groups is 1. The van der Waals surface area contributed by atoms with Crippen molar-refractivity contribution in [1.82, 2.24) is 4.57 Å². The molecule has 0 aliphatic rings. The predicted octanol–water partition coefficient (Wildman–Crippen LogP) is 5.88. The molecule has 0 saturated heterocycles. The fraction of sp³-hybridized carbons (Fsp3) is 0.0556. The number of halogens is 2. The number of thiazole rings is 1. The summed E-state index contributed by atoms with van der Waals surface area (Å²) >= 11 is 4.94. The van der Waals surface area contributed by atoms with E-state index in [1.165, 1.54) is 23.5 Å². The first kappa shape index (κ1) is 20.3. The maximum absolute atomic E-state index is 10.8. The third kappa shape index (κ3) is 4.57. The van der Waals surface area contributed by atoms with E-state index in [0.717, 1.165) is 26.2 Å². The highest BCUT2D eigenvalue weighted by atomic mass is 79.9. The largest absolute Gasteiger partial charge is 0.313 e. The molecule has 8 heteroatoms. The second kappa shape index (κ2) is 9.07. The molecule has 1 aromatic heterocycles. The van der Waals surface area contributed by atoms with Gasteiger partial charge < -0.3 is 4.57 Å². The maximum Gasteiger partial charge on any atom is 0.269 e. The van der Waals surface area contributed by atoms with Crippen molar-refractivity contribution in [3.05, 3.63) is 86.0 Å². The fourth-order valence-electron chi connectivity index (χ4n) is 2.33. The van der Waals surface area contributed by atoms with E-state index in [1.54, 1.807) is 12.1 Å². The summed E-state index contributed by atoms with van der Waals surface area (Å²) in [6.45, 7) is 4.42. The number of nitro benzene ring substituents is 1. The Morgan fingerprint density at radius 1 is 1.19 bits per heavy atom. The van der Waals surface area contributed by atoms with Crippen LogP contribution in [0.5, 0.6) is 0 Å². The molecule has 2 aromatic carbocycles. The van der Waals surface area contributed by atoms with Crippen LogP contribution >= 0.6 is 44.2 Å². The summed E-state index contributed by atoms with van der Waals surface area (Å²) in [5, 5.41) is 12.8. The maximum atomic E-state index is 10.8. The third-order valence-corrected chi connectivity index (χ3v) is 4.93. The molecule has 0 saturated carbocycles. The van der Waals surface area contributed by atoms with Gasteiger partial charge in [0.25, 0.3) is 5.69 Å². The molecular weight excluding hydrogens is 482 g/mol. The topological polar surface area (TPSA) is 60.4 Å². The molecule has 0 atom stereocenters. The van der Waals surface area contributed by atoms with E-state index in [2.05, 4.69) is 22.5 Å². The van der Waals surface area contributed by atoms with Crippen molar-refractivity contribution in [2.45, 2.75) is 6.54 Å². The Morgan fingerprint density at radius 2 is 1.85 bits per heavy atom. The van der Waals surface area contributed by atoms with Gasteiger partial charge >= 0.3 is 0 Å². The van der Waals surface area contributed by atoms with Crippen molar-refractivity contribution >= 4 is 55.6 Å². The highest BCUT2D eigenvalue weighted by molar-refractivity contribution is 9.10. The molecule has 0 spiro atoms. The van der Waals surface area contributed by atoms with Gasteiger partial charge in [0.2, 0.25) is 0 Å². The zero-order valence-corrected chi connectivity index (χ0v) is 17.7. The average molecular weight is 497 g/mol. The molecule has 26 heavy (non-hydrogen) atoms. The molecule has 3 aromatic rings. The normalized spacial score (nSPS) is 11.0.